The van der Waals surface area contributed by atoms with Crippen molar-refractivity contribution >= 4 is 51.4 Å². The molecular formula is C18H14BrN3O4. The van der Waals surface area contributed by atoms with Crippen molar-refractivity contribution in [3.8, 4) is 5.75 Å². The molecule has 26 heavy (non-hydrogen) atoms. The van der Waals surface area contributed by atoms with Crippen LogP contribution in [0.15, 0.2) is 58.0 Å². The number of anilines is 1. The van der Waals surface area contributed by atoms with Gasteiger partial charge in [0.1, 0.15) is 5.75 Å². The number of hydrogen-bond donors (Lipinski definition) is 1. The van der Waals surface area contributed by atoms with E-state index >= 15 is 0 Å². The molecule has 8 heteroatoms. The standard InChI is InChI=1S/C18H14BrN3O4/c1-26-12-6-4-5-11(9-12)22-17(24)13(16(23)21-18(22)25)10-20-15-8-3-2-7-14(15)19/h2-10,13H,1H3,(H,21,23,25)/t13-/m1/s1. The van der Waals surface area contributed by atoms with E-state index in [1.807, 2.05) is 6.07 Å². The summed E-state index contributed by atoms with van der Waals surface area (Å²) < 4.78 is 5.84. The van der Waals surface area contributed by atoms with Crippen molar-refractivity contribution < 1.29 is 19.1 Å². The second-order valence-corrected chi connectivity index (χ2v) is 6.23. The van der Waals surface area contributed by atoms with Crippen LogP contribution in [0.1, 0.15) is 0 Å². The summed E-state index contributed by atoms with van der Waals surface area (Å²) in [6, 6.07) is 12.8. The molecule has 0 saturated carbocycles. The number of carbonyl (C=O) groups excluding carboxylic acids is 3. The molecule has 1 atom stereocenters. The van der Waals surface area contributed by atoms with Crippen LogP contribution in [0.4, 0.5) is 16.2 Å². The number of imide groups is 2. The molecule has 0 aliphatic carbocycles. The van der Waals surface area contributed by atoms with Gasteiger partial charge >= 0.3 is 6.03 Å². The number of nitrogens with one attached hydrogen (secondary N) is 1. The Kier molecular flexibility index (Phi) is 5.13. The number of urea groups is 1. The van der Waals surface area contributed by atoms with Gasteiger partial charge in [0.25, 0.3) is 5.91 Å². The molecule has 7 nitrogen and oxygen atoms in total. The van der Waals surface area contributed by atoms with E-state index in [-0.39, 0.29) is 0 Å². The first-order valence-corrected chi connectivity index (χ1v) is 8.42. The van der Waals surface area contributed by atoms with Gasteiger partial charge in [0.2, 0.25) is 5.91 Å². The largest absolute Gasteiger partial charge is 0.497 e. The van der Waals surface area contributed by atoms with Crippen molar-refractivity contribution in [1.82, 2.24) is 5.32 Å². The maximum atomic E-state index is 12.8. The number of nitrogens with zero attached hydrogens (tertiary/aromatic N) is 2. The molecule has 2 aromatic carbocycles. The lowest BCUT2D eigenvalue weighted by molar-refractivity contribution is -0.131. The lowest BCUT2D eigenvalue weighted by Gasteiger charge is -2.28. The molecule has 0 unspecified atom stereocenters. The molecule has 1 fully saturated rings. The zero-order chi connectivity index (χ0) is 18.7. The van der Waals surface area contributed by atoms with Gasteiger partial charge in [-0.1, -0.05) is 18.2 Å². The second kappa shape index (κ2) is 7.49. The van der Waals surface area contributed by atoms with Gasteiger partial charge in [-0.15, -0.1) is 0 Å². The van der Waals surface area contributed by atoms with Crippen LogP contribution in [0.3, 0.4) is 0 Å². The fourth-order valence-electron chi connectivity index (χ4n) is 2.43. The maximum absolute atomic E-state index is 12.8. The van der Waals surface area contributed by atoms with Crippen LogP contribution in [-0.4, -0.2) is 31.2 Å². The number of ether oxygens (including phenoxy) is 1. The normalized spacial score (nSPS) is 17.5. The highest BCUT2D eigenvalue weighted by atomic mass is 79.9. The molecule has 0 bridgehead atoms. The Morgan fingerprint density at radius 2 is 1.92 bits per heavy atom. The van der Waals surface area contributed by atoms with E-state index in [0.29, 0.717) is 17.1 Å². The molecule has 132 valence electrons. The molecule has 0 aromatic heterocycles. The lowest BCUT2D eigenvalue weighted by Crippen LogP contribution is -2.58. The van der Waals surface area contributed by atoms with Crippen molar-refractivity contribution in [2.24, 2.45) is 10.9 Å². The third-order valence-electron chi connectivity index (χ3n) is 3.73. The van der Waals surface area contributed by atoms with Gasteiger partial charge in [-0.2, -0.15) is 0 Å². The molecule has 1 heterocycles. The summed E-state index contributed by atoms with van der Waals surface area (Å²) in [6.45, 7) is 0. The smallest absolute Gasteiger partial charge is 0.335 e. The first kappa shape index (κ1) is 17.8. The number of aliphatic imine (C=N–C) groups is 1. The van der Waals surface area contributed by atoms with E-state index in [4.69, 9.17) is 4.74 Å². The summed E-state index contributed by atoms with van der Waals surface area (Å²) in [5.41, 5.74) is 0.872. The second-order valence-electron chi connectivity index (χ2n) is 5.38. The van der Waals surface area contributed by atoms with E-state index in [9.17, 15) is 14.4 Å². The van der Waals surface area contributed by atoms with Crippen LogP contribution in [0.25, 0.3) is 0 Å². The summed E-state index contributed by atoms with van der Waals surface area (Å²) in [5, 5.41) is 2.18. The number of halogens is 1. The first-order valence-electron chi connectivity index (χ1n) is 7.63. The third-order valence-corrected chi connectivity index (χ3v) is 4.40. The van der Waals surface area contributed by atoms with Gasteiger partial charge in [-0.05, 0) is 40.2 Å². The van der Waals surface area contributed by atoms with E-state index in [1.54, 1.807) is 36.4 Å². The summed E-state index contributed by atoms with van der Waals surface area (Å²) in [5.74, 6) is -2.12. The average molecular weight is 416 g/mol. The van der Waals surface area contributed by atoms with Crippen LogP contribution in [0.2, 0.25) is 0 Å². The minimum Gasteiger partial charge on any atom is -0.497 e. The van der Waals surface area contributed by atoms with Gasteiger partial charge < -0.3 is 4.74 Å². The number of rotatable bonds is 4. The minimum absolute atomic E-state index is 0.304. The lowest BCUT2D eigenvalue weighted by atomic mass is 10.1. The van der Waals surface area contributed by atoms with Crippen LogP contribution >= 0.6 is 15.9 Å². The number of carbonyl (C=O) groups is 3. The highest BCUT2D eigenvalue weighted by molar-refractivity contribution is 9.10. The van der Waals surface area contributed by atoms with Crippen molar-refractivity contribution in [1.29, 1.82) is 0 Å². The molecule has 0 spiro atoms. The minimum atomic E-state index is -1.22. The molecule has 2 aromatic rings. The van der Waals surface area contributed by atoms with Crippen LogP contribution in [0, 0.1) is 5.92 Å². The molecule has 1 saturated heterocycles. The van der Waals surface area contributed by atoms with Crippen LogP contribution < -0.4 is 15.0 Å². The Bertz CT molecular complexity index is 913. The van der Waals surface area contributed by atoms with Crippen molar-refractivity contribution in [3.05, 3.63) is 53.0 Å². The Balaban J connectivity index is 1.91. The van der Waals surface area contributed by atoms with Crippen LogP contribution in [-0.2, 0) is 9.59 Å². The number of methoxy groups -OCH3 is 1. The molecule has 1 N–H and O–H groups in total. The van der Waals surface area contributed by atoms with Crippen molar-refractivity contribution in [2.45, 2.75) is 0 Å². The van der Waals surface area contributed by atoms with E-state index in [0.717, 1.165) is 9.37 Å². The quantitative estimate of drug-likeness (QED) is 0.613. The highest BCUT2D eigenvalue weighted by Gasteiger charge is 2.40. The molecular weight excluding hydrogens is 402 g/mol. The summed E-state index contributed by atoms with van der Waals surface area (Å²) in [4.78, 5) is 42.1. The van der Waals surface area contributed by atoms with Crippen LogP contribution in [0.5, 0.6) is 5.75 Å². The zero-order valence-electron chi connectivity index (χ0n) is 13.7. The van der Waals surface area contributed by atoms with Gasteiger partial charge in [-0.3, -0.25) is 19.9 Å². The third kappa shape index (κ3) is 3.50. The Morgan fingerprint density at radius 1 is 1.15 bits per heavy atom. The molecule has 3 rings (SSSR count). The van der Waals surface area contributed by atoms with Crippen molar-refractivity contribution in [2.75, 3.05) is 12.0 Å². The SMILES string of the molecule is COc1cccc(N2C(=O)NC(=O)[C@@H](C=Nc3ccccc3Br)C2=O)c1. The Morgan fingerprint density at radius 3 is 2.65 bits per heavy atom. The highest BCUT2D eigenvalue weighted by Crippen LogP contribution is 2.26. The predicted octanol–water partition coefficient (Wildman–Crippen LogP) is 3.06. The number of para-hydroxylation sites is 1. The molecule has 4 amide bonds. The number of amides is 4. The Hall–Kier alpha value is -3.00. The monoisotopic (exact) mass is 415 g/mol. The van der Waals surface area contributed by atoms with Crippen molar-refractivity contribution in [3.63, 3.8) is 0 Å². The number of barbiturate groups is 1. The fraction of sp³-hybridized carbons (Fsp3) is 0.111. The van der Waals surface area contributed by atoms with Gasteiger partial charge in [0.15, 0.2) is 5.92 Å². The molecule has 0 radical (unpaired) electrons. The fourth-order valence-corrected chi connectivity index (χ4v) is 2.81. The topological polar surface area (TPSA) is 88.1 Å². The van der Waals surface area contributed by atoms with E-state index in [2.05, 4.69) is 26.2 Å². The zero-order valence-corrected chi connectivity index (χ0v) is 15.3. The van der Waals surface area contributed by atoms with Gasteiger partial charge in [-0.25, -0.2) is 9.69 Å². The first-order chi connectivity index (χ1) is 12.5. The molecule has 1 aliphatic rings. The summed E-state index contributed by atoms with van der Waals surface area (Å²) in [6.07, 6.45) is 1.23. The van der Waals surface area contributed by atoms with Gasteiger partial charge in [0, 0.05) is 16.8 Å². The van der Waals surface area contributed by atoms with Gasteiger partial charge in [0.05, 0.1) is 18.5 Å². The van der Waals surface area contributed by atoms with E-state index < -0.39 is 23.8 Å². The van der Waals surface area contributed by atoms with E-state index in [1.165, 1.54) is 19.4 Å². The number of hydrogen-bond acceptors (Lipinski definition) is 5. The summed E-state index contributed by atoms with van der Waals surface area (Å²) >= 11 is 3.35. The average Bonchev–Trinajstić information content (AvgIpc) is 2.63. The summed E-state index contributed by atoms with van der Waals surface area (Å²) in [7, 11) is 1.48. The predicted molar refractivity (Wildman–Crippen MR) is 99.8 cm³/mol. The Labute approximate surface area is 157 Å². The molecule has 1 aliphatic heterocycles. The number of benzene rings is 2. The maximum Gasteiger partial charge on any atom is 0.335 e.